The molecule has 1 aromatic carbocycles. The Balaban J connectivity index is 1.51. The van der Waals surface area contributed by atoms with E-state index in [1.54, 1.807) is 7.05 Å². The molecule has 0 radical (unpaired) electrons. The second-order valence-corrected chi connectivity index (χ2v) is 5.64. The van der Waals surface area contributed by atoms with Crippen LogP contribution in [0.15, 0.2) is 53.7 Å². The van der Waals surface area contributed by atoms with Crippen molar-refractivity contribution in [1.29, 1.82) is 0 Å². The summed E-state index contributed by atoms with van der Waals surface area (Å²) in [6.45, 7) is 3.58. The Morgan fingerprint density at radius 2 is 2.04 bits per heavy atom. The molecule has 2 aromatic heterocycles. The quantitative estimate of drug-likeness (QED) is 0.556. The molecule has 0 aliphatic carbocycles. The lowest BCUT2D eigenvalue weighted by Gasteiger charge is -2.12. The highest BCUT2D eigenvalue weighted by atomic mass is 15.2. The molecule has 0 bridgehead atoms. The predicted octanol–water partition coefficient (Wildman–Crippen LogP) is 1.95. The van der Waals surface area contributed by atoms with Gasteiger partial charge in [0, 0.05) is 32.8 Å². The topological polar surface area (TPSA) is 66.6 Å². The number of aliphatic imine (C=N–C) groups is 1. The number of aryl methyl sites for hydroxylation is 1. The first-order valence-electron chi connectivity index (χ1n) is 8.05. The smallest absolute Gasteiger partial charge is 0.191 e. The number of guanidine groups is 1. The van der Waals surface area contributed by atoms with Crippen LogP contribution in [-0.4, -0.2) is 34.2 Å². The van der Waals surface area contributed by atoms with Crippen molar-refractivity contribution in [3.63, 3.8) is 0 Å². The molecule has 6 nitrogen and oxygen atoms in total. The van der Waals surface area contributed by atoms with Crippen LogP contribution in [0.3, 0.4) is 0 Å². The van der Waals surface area contributed by atoms with Crippen molar-refractivity contribution in [2.24, 2.45) is 4.99 Å². The fourth-order valence-corrected chi connectivity index (χ4v) is 2.58. The summed E-state index contributed by atoms with van der Waals surface area (Å²) in [5.41, 5.74) is 3.37. The van der Waals surface area contributed by atoms with Crippen molar-refractivity contribution in [3.8, 4) is 0 Å². The number of hydrogen-bond donors (Lipinski definition) is 2. The molecule has 2 heterocycles. The highest BCUT2D eigenvalue weighted by Gasteiger charge is 2.05. The molecule has 0 atom stereocenters. The third-order valence-electron chi connectivity index (χ3n) is 3.79. The maximum atomic E-state index is 4.26. The second kappa shape index (κ2) is 7.59. The molecule has 0 aliphatic heterocycles. The van der Waals surface area contributed by atoms with Gasteiger partial charge < -0.3 is 10.6 Å². The Labute approximate surface area is 141 Å². The number of pyridine rings is 1. The number of hydrogen-bond acceptors (Lipinski definition) is 3. The van der Waals surface area contributed by atoms with Crippen LogP contribution in [0.25, 0.3) is 5.65 Å². The lowest BCUT2D eigenvalue weighted by Crippen LogP contribution is -2.38. The molecule has 124 valence electrons. The molecule has 0 saturated carbocycles. The standard InChI is InChI=1S/C18H22N6/c1-14-6-5-7-15(12-14)13-21-18(19-2)20-10-9-17-23-22-16-8-3-4-11-24(16)17/h3-8,11-12H,9-10,13H2,1-2H3,(H2,19,20,21). The maximum absolute atomic E-state index is 4.26. The van der Waals surface area contributed by atoms with Gasteiger partial charge >= 0.3 is 0 Å². The van der Waals surface area contributed by atoms with Crippen LogP contribution < -0.4 is 10.6 Å². The zero-order chi connectivity index (χ0) is 16.8. The number of rotatable bonds is 5. The first kappa shape index (κ1) is 16.0. The van der Waals surface area contributed by atoms with Gasteiger partial charge in [-0.1, -0.05) is 35.9 Å². The summed E-state index contributed by atoms with van der Waals surface area (Å²) in [6.07, 6.45) is 2.76. The van der Waals surface area contributed by atoms with Crippen molar-refractivity contribution in [2.45, 2.75) is 19.9 Å². The van der Waals surface area contributed by atoms with Crippen LogP contribution in [0.4, 0.5) is 0 Å². The van der Waals surface area contributed by atoms with Crippen molar-refractivity contribution < 1.29 is 0 Å². The first-order chi connectivity index (χ1) is 11.8. The molecule has 6 heteroatoms. The number of fused-ring (bicyclic) bond motifs is 1. The Morgan fingerprint density at radius 3 is 2.88 bits per heavy atom. The van der Waals surface area contributed by atoms with Gasteiger partial charge in [0.05, 0.1) is 0 Å². The van der Waals surface area contributed by atoms with Crippen molar-refractivity contribution >= 4 is 11.6 Å². The fourth-order valence-electron chi connectivity index (χ4n) is 2.58. The SMILES string of the molecule is CN=C(NCCc1nnc2ccccn12)NCc1cccc(C)c1. The summed E-state index contributed by atoms with van der Waals surface area (Å²) in [5, 5.41) is 15.0. The normalized spacial score (nSPS) is 11.7. The molecule has 2 N–H and O–H groups in total. The Bertz CT molecular complexity index is 836. The van der Waals surface area contributed by atoms with E-state index >= 15 is 0 Å². The molecule has 3 rings (SSSR count). The van der Waals surface area contributed by atoms with Crippen molar-refractivity contribution in [3.05, 3.63) is 65.6 Å². The molecular formula is C18H22N6. The minimum absolute atomic E-state index is 0.739. The van der Waals surface area contributed by atoms with Gasteiger partial charge in [-0.15, -0.1) is 10.2 Å². The van der Waals surface area contributed by atoms with E-state index < -0.39 is 0 Å². The molecule has 0 fully saturated rings. The number of aromatic nitrogens is 3. The van der Waals surface area contributed by atoms with Crippen LogP contribution in [0.5, 0.6) is 0 Å². The van der Waals surface area contributed by atoms with Gasteiger partial charge in [-0.05, 0) is 24.6 Å². The largest absolute Gasteiger partial charge is 0.356 e. The average molecular weight is 322 g/mol. The molecule has 0 unspecified atom stereocenters. The molecule has 0 amide bonds. The van der Waals surface area contributed by atoms with E-state index in [0.29, 0.717) is 0 Å². The molecular weight excluding hydrogens is 300 g/mol. The molecule has 24 heavy (non-hydrogen) atoms. The second-order valence-electron chi connectivity index (χ2n) is 5.64. The Morgan fingerprint density at radius 1 is 1.12 bits per heavy atom. The third kappa shape index (κ3) is 3.90. The summed E-state index contributed by atoms with van der Waals surface area (Å²) < 4.78 is 2.00. The van der Waals surface area contributed by atoms with E-state index in [0.717, 1.165) is 36.9 Å². The van der Waals surface area contributed by atoms with E-state index in [2.05, 4.69) is 57.0 Å². The summed E-state index contributed by atoms with van der Waals surface area (Å²) in [5.74, 6) is 1.72. The summed E-state index contributed by atoms with van der Waals surface area (Å²) >= 11 is 0. The first-order valence-corrected chi connectivity index (χ1v) is 8.05. The van der Waals surface area contributed by atoms with E-state index in [-0.39, 0.29) is 0 Å². The maximum Gasteiger partial charge on any atom is 0.191 e. The molecule has 0 spiro atoms. The van der Waals surface area contributed by atoms with Crippen LogP contribution in [0.2, 0.25) is 0 Å². The number of benzene rings is 1. The zero-order valence-corrected chi connectivity index (χ0v) is 14.0. The van der Waals surface area contributed by atoms with Crippen molar-refractivity contribution in [2.75, 3.05) is 13.6 Å². The van der Waals surface area contributed by atoms with E-state index in [4.69, 9.17) is 0 Å². The summed E-state index contributed by atoms with van der Waals surface area (Å²) in [7, 11) is 1.78. The average Bonchev–Trinajstić information content (AvgIpc) is 3.01. The van der Waals surface area contributed by atoms with Crippen LogP contribution >= 0.6 is 0 Å². The lowest BCUT2D eigenvalue weighted by molar-refractivity contribution is 0.761. The van der Waals surface area contributed by atoms with Gasteiger partial charge in [0.1, 0.15) is 5.82 Å². The van der Waals surface area contributed by atoms with Gasteiger partial charge in [-0.2, -0.15) is 0 Å². The predicted molar refractivity (Wildman–Crippen MR) is 96.1 cm³/mol. The highest BCUT2D eigenvalue weighted by molar-refractivity contribution is 5.79. The lowest BCUT2D eigenvalue weighted by atomic mass is 10.1. The van der Waals surface area contributed by atoms with Gasteiger partial charge in [0.15, 0.2) is 11.6 Å². The van der Waals surface area contributed by atoms with Crippen molar-refractivity contribution in [1.82, 2.24) is 25.2 Å². The number of nitrogens with one attached hydrogen (secondary N) is 2. The number of nitrogens with zero attached hydrogens (tertiary/aromatic N) is 4. The van der Waals surface area contributed by atoms with Gasteiger partial charge in [0.2, 0.25) is 0 Å². The van der Waals surface area contributed by atoms with Gasteiger partial charge in [-0.3, -0.25) is 9.39 Å². The highest BCUT2D eigenvalue weighted by Crippen LogP contribution is 2.04. The zero-order valence-electron chi connectivity index (χ0n) is 14.0. The van der Waals surface area contributed by atoms with Gasteiger partial charge in [-0.25, -0.2) is 0 Å². The Hall–Kier alpha value is -2.89. The fraction of sp³-hybridized carbons (Fsp3) is 0.278. The van der Waals surface area contributed by atoms with Crippen LogP contribution in [0, 0.1) is 6.92 Å². The molecule has 0 aliphatic rings. The van der Waals surface area contributed by atoms with Crippen LogP contribution in [0.1, 0.15) is 17.0 Å². The minimum atomic E-state index is 0.739. The summed E-state index contributed by atoms with van der Waals surface area (Å²) in [6, 6.07) is 14.3. The molecule has 3 aromatic rings. The van der Waals surface area contributed by atoms with E-state index in [1.165, 1.54) is 11.1 Å². The van der Waals surface area contributed by atoms with E-state index in [1.807, 2.05) is 28.8 Å². The van der Waals surface area contributed by atoms with Gasteiger partial charge in [0.25, 0.3) is 0 Å². The molecule has 0 saturated heterocycles. The third-order valence-corrected chi connectivity index (χ3v) is 3.79. The van der Waals surface area contributed by atoms with E-state index in [9.17, 15) is 0 Å². The Kier molecular flexibility index (Phi) is 5.05. The minimum Gasteiger partial charge on any atom is -0.356 e. The van der Waals surface area contributed by atoms with Crippen LogP contribution in [-0.2, 0) is 13.0 Å². The summed E-state index contributed by atoms with van der Waals surface area (Å²) in [4.78, 5) is 4.26. The monoisotopic (exact) mass is 322 g/mol.